The highest BCUT2D eigenvalue weighted by Crippen LogP contribution is 2.26. The van der Waals surface area contributed by atoms with Crippen molar-refractivity contribution in [2.24, 2.45) is 0 Å². The topological polar surface area (TPSA) is 49.4 Å². The molecule has 1 aliphatic carbocycles. The molecular formula is C30H31BrCl2N2O2S. The summed E-state index contributed by atoms with van der Waals surface area (Å²) < 4.78 is 0.934. The molecular weight excluding hydrogens is 603 g/mol. The summed E-state index contributed by atoms with van der Waals surface area (Å²) in [5.74, 6) is 0.636. The number of benzene rings is 3. The summed E-state index contributed by atoms with van der Waals surface area (Å²) in [6.07, 6.45) is 4.67. The Morgan fingerprint density at radius 2 is 1.71 bits per heavy atom. The smallest absolute Gasteiger partial charge is 0.243 e. The molecule has 2 amide bonds. The summed E-state index contributed by atoms with van der Waals surface area (Å²) in [6, 6.07) is 22.7. The van der Waals surface area contributed by atoms with Gasteiger partial charge in [0.1, 0.15) is 6.04 Å². The number of amides is 2. The van der Waals surface area contributed by atoms with Crippen LogP contribution in [0.25, 0.3) is 0 Å². The van der Waals surface area contributed by atoms with Crippen molar-refractivity contribution in [3.8, 4) is 0 Å². The molecule has 1 aliphatic rings. The van der Waals surface area contributed by atoms with E-state index in [1.165, 1.54) is 11.8 Å². The van der Waals surface area contributed by atoms with Gasteiger partial charge in [0.15, 0.2) is 0 Å². The van der Waals surface area contributed by atoms with Crippen LogP contribution in [-0.4, -0.2) is 34.6 Å². The van der Waals surface area contributed by atoms with Crippen molar-refractivity contribution in [2.75, 3.05) is 5.75 Å². The van der Waals surface area contributed by atoms with Crippen molar-refractivity contribution in [2.45, 2.75) is 56.5 Å². The maximum atomic E-state index is 13.8. The highest BCUT2D eigenvalue weighted by atomic mass is 79.9. The van der Waals surface area contributed by atoms with E-state index in [2.05, 4.69) is 21.2 Å². The molecule has 38 heavy (non-hydrogen) atoms. The van der Waals surface area contributed by atoms with Gasteiger partial charge in [-0.2, -0.15) is 0 Å². The second-order valence-electron chi connectivity index (χ2n) is 9.58. The van der Waals surface area contributed by atoms with E-state index in [1.54, 1.807) is 17.0 Å². The third-order valence-electron chi connectivity index (χ3n) is 6.71. The van der Waals surface area contributed by atoms with Crippen LogP contribution in [0, 0.1) is 0 Å². The van der Waals surface area contributed by atoms with Crippen LogP contribution in [0.1, 0.15) is 42.4 Å². The molecule has 0 aromatic heterocycles. The lowest BCUT2D eigenvalue weighted by atomic mass is 10.0. The fourth-order valence-electron chi connectivity index (χ4n) is 4.72. The zero-order valence-corrected chi connectivity index (χ0v) is 25.0. The number of carbonyl (C=O) groups is 2. The lowest BCUT2D eigenvalue weighted by molar-refractivity contribution is -0.139. The summed E-state index contributed by atoms with van der Waals surface area (Å²) >= 11 is 17.4. The molecule has 0 saturated heterocycles. The van der Waals surface area contributed by atoms with Crippen molar-refractivity contribution in [1.82, 2.24) is 10.2 Å². The Hall–Kier alpha value is -1.99. The Morgan fingerprint density at radius 1 is 0.974 bits per heavy atom. The summed E-state index contributed by atoms with van der Waals surface area (Å²) in [6.45, 7) is 0.343. The average molecular weight is 634 g/mol. The van der Waals surface area contributed by atoms with Gasteiger partial charge in [-0.05, 0) is 53.8 Å². The first kappa shape index (κ1) is 29.0. The van der Waals surface area contributed by atoms with E-state index in [-0.39, 0.29) is 23.6 Å². The van der Waals surface area contributed by atoms with Gasteiger partial charge in [0.2, 0.25) is 11.8 Å². The van der Waals surface area contributed by atoms with Crippen molar-refractivity contribution >= 4 is 62.7 Å². The highest BCUT2D eigenvalue weighted by Gasteiger charge is 2.32. The average Bonchev–Trinajstić information content (AvgIpc) is 3.41. The van der Waals surface area contributed by atoms with Crippen LogP contribution in [0.2, 0.25) is 10.0 Å². The zero-order valence-electron chi connectivity index (χ0n) is 21.0. The minimum absolute atomic E-state index is 0.0810. The van der Waals surface area contributed by atoms with Crippen molar-refractivity contribution < 1.29 is 9.59 Å². The SMILES string of the molecule is O=C(NC1CCCC1)[C@H](Cc1ccccc1)N(Cc1cccc(Br)c1)C(=O)CSCc1ccc(Cl)cc1Cl. The second-order valence-corrected chi connectivity index (χ2v) is 12.3. The first-order valence-electron chi connectivity index (χ1n) is 12.8. The Bertz CT molecular complexity index is 1240. The first-order valence-corrected chi connectivity index (χ1v) is 15.5. The molecule has 0 radical (unpaired) electrons. The molecule has 1 fully saturated rings. The minimum Gasteiger partial charge on any atom is -0.352 e. The first-order chi connectivity index (χ1) is 18.4. The van der Waals surface area contributed by atoms with Crippen LogP contribution < -0.4 is 5.32 Å². The van der Waals surface area contributed by atoms with E-state index in [0.29, 0.717) is 28.8 Å². The molecule has 0 heterocycles. The van der Waals surface area contributed by atoms with Gasteiger partial charge in [0.25, 0.3) is 0 Å². The van der Waals surface area contributed by atoms with E-state index < -0.39 is 6.04 Å². The number of thioether (sulfide) groups is 1. The van der Waals surface area contributed by atoms with E-state index in [1.807, 2.05) is 60.7 Å². The van der Waals surface area contributed by atoms with Gasteiger partial charge in [-0.1, -0.05) is 101 Å². The molecule has 200 valence electrons. The molecule has 4 rings (SSSR count). The summed E-state index contributed by atoms with van der Waals surface area (Å²) in [5.41, 5.74) is 2.91. The lowest BCUT2D eigenvalue weighted by Gasteiger charge is -2.32. The van der Waals surface area contributed by atoms with Gasteiger partial charge < -0.3 is 10.2 Å². The molecule has 3 aromatic carbocycles. The molecule has 0 unspecified atom stereocenters. The van der Waals surface area contributed by atoms with Crippen LogP contribution in [0.15, 0.2) is 77.3 Å². The zero-order chi connectivity index (χ0) is 26.9. The van der Waals surface area contributed by atoms with E-state index in [0.717, 1.165) is 46.8 Å². The maximum Gasteiger partial charge on any atom is 0.243 e. The monoisotopic (exact) mass is 632 g/mol. The van der Waals surface area contributed by atoms with Crippen LogP contribution >= 0.6 is 50.9 Å². The van der Waals surface area contributed by atoms with Crippen LogP contribution in [0.3, 0.4) is 0 Å². The predicted octanol–water partition coefficient (Wildman–Crippen LogP) is 7.69. The molecule has 1 N–H and O–H groups in total. The Morgan fingerprint density at radius 3 is 2.42 bits per heavy atom. The van der Waals surface area contributed by atoms with Crippen LogP contribution in [-0.2, 0) is 28.3 Å². The standard InChI is InChI=1S/C30H31BrCl2N2O2S/c31-24-10-6-9-22(15-24)18-35(29(36)20-38-19-23-13-14-25(32)17-27(23)33)28(16-21-7-2-1-3-8-21)30(37)34-26-11-4-5-12-26/h1-3,6-10,13-15,17,26,28H,4-5,11-12,16,18-20H2,(H,34,37)/t28-/m0/s1. The number of nitrogens with zero attached hydrogens (tertiary/aromatic N) is 1. The van der Waals surface area contributed by atoms with Gasteiger partial charge in [-0.3, -0.25) is 9.59 Å². The van der Waals surface area contributed by atoms with E-state index in [9.17, 15) is 9.59 Å². The van der Waals surface area contributed by atoms with Gasteiger partial charge in [-0.15, -0.1) is 11.8 Å². The third kappa shape index (κ3) is 8.51. The van der Waals surface area contributed by atoms with Crippen molar-refractivity contribution in [3.05, 3.63) is 104 Å². The number of rotatable bonds is 11. The van der Waals surface area contributed by atoms with Crippen LogP contribution in [0.4, 0.5) is 0 Å². The summed E-state index contributed by atoms with van der Waals surface area (Å²) in [7, 11) is 0. The number of nitrogens with one attached hydrogen (secondary N) is 1. The quantitative estimate of drug-likeness (QED) is 0.236. The van der Waals surface area contributed by atoms with Gasteiger partial charge in [0, 0.05) is 39.3 Å². The lowest BCUT2D eigenvalue weighted by Crippen LogP contribution is -2.52. The summed E-state index contributed by atoms with van der Waals surface area (Å²) in [4.78, 5) is 29.3. The fourth-order valence-corrected chi connectivity index (χ4v) is 6.64. The minimum atomic E-state index is -0.621. The largest absolute Gasteiger partial charge is 0.352 e. The third-order valence-corrected chi connectivity index (χ3v) is 8.76. The molecule has 1 saturated carbocycles. The number of carbonyl (C=O) groups excluding carboxylic acids is 2. The van der Waals surface area contributed by atoms with E-state index in [4.69, 9.17) is 23.2 Å². The van der Waals surface area contributed by atoms with Gasteiger partial charge >= 0.3 is 0 Å². The molecule has 3 aromatic rings. The number of hydrogen-bond acceptors (Lipinski definition) is 3. The molecule has 8 heteroatoms. The Balaban J connectivity index is 1.57. The maximum absolute atomic E-state index is 13.8. The Labute approximate surface area is 247 Å². The van der Waals surface area contributed by atoms with Gasteiger partial charge in [0.05, 0.1) is 5.75 Å². The molecule has 0 bridgehead atoms. The van der Waals surface area contributed by atoms with Gasteiger partial charge in [-0.25, -0.2) is 0 Å². The number of hydrogen-bond donors (Lipinski definition) is 1. The number of halogens is 3. The second kappa shape index (κ2) is 14.4. The fraction of sp³-hybridized carbons (Fsp3) is 0.333. The molecule has 0 aliphatic heterocycles. The van der Waals surface area contributed by atoms with Crippen molar-refractivity contribution in [1.29, 1.82) is 0 Å². The molecule has 0 spiro atoms. The van der Waals surface area contributed by atoms with Crippen molar-refractivity contribution in [3.63, 3.8) is 0 Å². The molecule has 1 atom stereocenters. The predicted molar refractivity (Wildman–Crippen MR) is 162 cm³/mol. The Kier molecular flexibility index (Phi) is 11.0. The normalized spacial score (nSPS) is 14.3. The van der Waals surface area contributed by atoms with E-state index >= 15 is 0 Å². The molecule has 4 nitrogen and oxygen atoms in total. The van der Waals surface area contributed by atoms with Crippen LogP contribution in [0.5, 0.6) is 0 Å². The highest BCUT2D eigenvalue weighted by molar-refractivity contribution is 9.10. The summed E-state index contributed by atoms with van der Waals surface area (Å²) in [5, 5.41) is 4.41.